The molecule has 2 rings (SSSR count). The smallest absolute Gasteiger partial charge is 0.289 e. The molecule has 146 valence electrons. The van der Waals surface area contributed by atoms with Crippen LogP contribution in [0.25, 0.3) is 0 Å². The minimum absolute atomic E-state index is 0.0723. The maximum absolute atomic E-state index is 12.3. The van der Waals surface area contributed by atoms with Crippen molar-refractivity contribution in [2.45, 2.75) is 12.8 Å². The zero-order valence-electron chi connectivity index (χ0n) is 15.1. The van der Waals surface area contributed by atoms with E-state index in [1.54, 1.807) is 19.2 Å². The van der Waals surface area contributed by atoms with Gasteiger partial charge in [-0.15, -0.1) is 11.8 Å². The zero-order valence-corrected chi connectivity index (χ0v) is 17.4. The Bertz CT molecular complexity index is 796. The third-order valence-corrected chi connectivity index (χ3v) is 5.64. The first-order valence-electron chi connectivity index (χ1n) is 8.30. The molecule has 0 atom stereocenters. The van der Waals surface area contributed by atoms with Crippen molar-refractivity contribution in [3.8, 4) is 0 Å². The highest BCUT2D eigenvalue weighted by Gasteiger charge is 2.34. The lowest BCUT2D eigenvalue weighted by atomic mass is 10.1. The summed E-state index contributed by atoms with van der Waals surface area (Å²) < 4.78 is 0. The van der Waals surface area contributed by atoms with Gasteiger partial charge in [0.05, 0.1) is 33.8 Å². The van der Waals surface area contributed by atoms with E-state index < -0.39 is 17.6 Å². The van der Waals surface area contributed by atoms with Crippen LogP contribution in [0.1, 0.15) is 12.0 Å². The Balaban J connectivity index is 1.84. The third-order valence-electron chi connectivity index (χ3n) is 4.12. The Kier molecular flexibility index (Phi) is 8.01. The number of nitrogens with one attached hydrogen (secondary N) is 1. The number of carbonyl (C=O) groups is 2. The van der Waals surface area contributed by atoms with E-state index in [4.69, 9.17) is 23.2 Å². The van der Waals surface area contributed by atoms with Crippen molar-refractivity contribution in [2.24, 2.45) is 4.99 Å². The molecule has 0 unspecified atom stereocenters. The topological polar surface area (TPSA) is 82.0 Å². The second-order valence-electron chi connectivity index (χ2n) is 5.92. The lowest BCUT2D eigenvalue weighted by molar-refractivity contribution is -0.127. The maximum atomic E-state index is 12.3. The fourth-order valence-electron chi connectivity index (χ4n) is 2.61. The van der Waals surface area contributed by atoms with Crippen molar-refractivity contribution in [3.05, 3.63) is 45.1 Å². The van der Waals surface area contributed by atoms with Crippen LogP contribution in [0.3, 0.4) is 0 Å². The molecule has 1 aliphatic heterocycles. The summed E-state index contributed by atoms with van der Waals surface area (Å²) in [6, 6.07) is 5.42. The third kappa shape index (κ3) is 5.64. The molecule has 1 aromatic rings. The van der Waals surface area contributed by atoms with Crippen LogP contribution in [0.15, 0.2) is 34.5 Å². The van der Waals surface area contributed by atoms with Crippen LogP contribution >= 0.6 is 35.0 Å². The molecule has 9 heteroatoms. The fourth-order valence-corrected chi connectivity index (χ4v) is 3.40. The summed E-state index contributed by atoms with van der Waals surface area (Å²) in [5, 5.41) is 14.5. The number of aryl methyl sites for hydroxylation is 1. The largest absolute Gasteiger partial charge is 0.503 e. The Morgan fingerprint density at radius 2 is 2.11 bits per heavy atom. The van der Waals surface area contributed by atoms with Gasteiger partial charge in [-0.05, 0) is 36.8 Å². The van der Waals surface area contributed by atoms with E-state index in [1.165, 1.54) is 16.7 Å². The van der Waals surface area contributed by atoms with Gasteiger partial charge in [0.1, 0.15) is 0 Å². The number of hydrogen-bond donors (Lipinski definition) is 2. The average Bonchev–Trinajstić information content (AvgIpc) is 2.94. The summed E-state index contributed by atoms with van der Waals surface area (Å²) in [6.07, 6.45) is 3.27. The minimum atomic E-state index is -0.550. The summed E-state index contributed by atoms with van der Waals surface area (Å²) in [5.41, 5.74) is 1.11. The second kappa shape index (κ2) is 10.0. The van der Waals surface area contributed by atoms with E-state index in [0.717, 1.165) is 17.0 Å². The molecule has 0 saturated heterocycles. The number of amides is 2. The molecule has 0 fully saturated rings. The van der Waals surface area contributed by atoms with Crippen LogP contribution in [-0.4, -0.2) is 59.8 Å². The van der Waals surface area contributed by atoms with Gasteiger partial charge in [0.2, 0.25) is 0 Å². The number of carbonyl (C=O) groups excluding carboxylic acids is 2. The summed E-state index contributed by atoms with van der Waals surface area (Å²) in [6.45, 7) is 0.758. The first kappa shape index (κ1) is 21.6. The molecule has 27 heavy (non-hydrogen) atoms. The Hall–Kier alpha value is -1.70. The number of nitrogens with zero attached hydrogens (tertiary/aromatic N) is 2. The van der Waals surface area contributed by atoms with Crippen molar-refractivity contribution < 1.29 is 14.7 Å². The molecule has 0 radical (unpaired) electrons. The molecule has 0 aromatic heterocycles. The highest BCUT2D eigenvalue weighted by atomic mass is 35.5. The zero-order chi connectivity index (χ0) is 20.0. The van der Waals surface area contributed by atoms with Gasteiger partial charge < -0.3 is 15.3 Å². The number of aliphatic hydroxyl groups is 1. The number of hydrogen-bond acceptors (Lipinski definition) is 5. The predicted octanol–water partition coefficient (Wildman–Crippen LogP) is 3.09. The summed E-state index contributed by atoms with van der Waals surface area (Å²) in [4.78, 5) is 29.9. The molecule has 0 saturated carbocycles. The quantitative estimate of drug-likeness (QED) is 0.396. The number of aliphatic hydroxyl groups excluding tert-OH is 1. The first-order valence-corrected chi connectivity index (χ1v) is 10.3. The lowest BCUT2D eigenvalue weighted by Crippen LogP contribution is -2.33. The van der Waals surface area contributed by atoms with E-state index in [9.17, 15) is 14.7 Å². The standard InChI is InChI=1S/C18H21Cl2N3O3S/c1-21-15(27-2)10-23-9-12(16(24)18(23)26)17(25)22-7-3-4-11-5-6-13(19)14(20)8-11/h5-6,8,24H,3-4,7,9-10H2,1-2H3,(H,22,25). The number of rotatable bonds is 7. The van der Waals surface area contributed by atoms with Gasteiger partial charge in [-0.1, -0.05) is 29.3 Å². The predicted molar refractivity (Wildman–Crippen MR) is 111 cm³/mol. The van der Waals surface area contributed by atoms with Gasteiger partial charge in [0, 0.05) is 13.6 Å². The highest BCUT2D eigenvalue weighted by molar-refractivity contribution is 8.13. The number of halogens is 2. The summed E-state index contributed by atoms with van der Waals surface area (Å²) >= 11 is 13.3. The van der Waals surface area contributed by atoms with E-state index in [-0.39, 0.29) is 18.7 Å². The van der Waals surface area contributed by atoms with Gasteiger partial charge in [0.25, 0.3) is 11.8 Å². The molecule has 1 aliphatic rings. The lowest BCUT2D eigenvalue weighted by Gasteiger charge is -2.16. The minimum Gasteiger partial charge on any atom is -0.503 e. The molecule has 1 heterocycles. The van der Waals surface area contributed by atoms with Crippen LogP contribution in [0.4, 0.5) is 0 Å². The van der Waals surface area contributed by atoms with Crippen LogP contribution in [0.5, 0.6) is 0 Å². The Morgan fingerprint density at radius 1 is 1.37 bits per heavy atom. The van der Waals surface area contributed by atoms with Gasteiger partial charge in [-0.2, -0.15) is 0 Å². The summed E-state index contributed by atoms with van der Waals surface area (Å²) in [5.74, 6) is -1.48. The van der Waals surface area contributed by atoms with Crippen LogP contribution in [-0.2, 0) is 16.0 Å². The molecular formula is C18H21Cl2N3O3S. The van der Waals surface area contributed by atoms with Crippen LogP contribution in [0.2, 0.25) is 10.0 Å². The average molecular weight is 430 g/mol. The van der Waals surface area contributed by atoms with Crippen molar-refractivity contribution in [2.75, 3.05) is 32.9 Å². The van der Waals surface area contributed by atoms with E-state index in [1.807, 2.05) is 12.3 Å². The monoisotopic (exact) mass is 429 g/mol. The molecule has 0 spiro atoms. The highest BCUT2D eigenvalue weighted by Crippen LogP contribution is 2.23. The van der Waals surface area contributed by atoms with E-state index in [0.29, 0.717) is 23.0 Å². The van der Waals surface area contributed by atoms with Crippen LogP contribution in [0, 0.1) is 0 Å². The van der Waals surface area contributed by atoms with Gasteiger partial charge in [-0.25, -0.2) is 0 Å². The van der Waals surface area contributed by atoms with Crippen molar-refractivity contribution >= 4 is 51.8 Å². The number of aliphatic imine (C=N–C) groups is 1. The molecule has 2 N–H and O–H groups in total. The number of thioether (sulfide) groups is 1. The molecule has 2 amide bonds. The Morgan fingerprint density at radius 3 is 2.74 bits per heavy atom. The Labute approximate surface area is 172 Å². The SMILES string of the molecule is CN=C(CN1CC(C(=O)NCCCc2ccc(Cl)c(Cl)c2)=C(O)C1=O)SC. The molecule has 0 aliphatic carbocycles. The maximum Gasteiger partial charge on any atom is 0.289 e. The molecule has 1 aromatic carbocycles. The normalized spacial score (nSPS) is 14.9. The molecule has 0 bridgehead atoms. The van der Waals surface area contributed by atoms with Crippen molar-refractivity contribution in [3.63, 3.8) is 0 Å². The van der Waals surface area contributed by atoms with Crippen molar-refractivity contribution in [1.82, 2.24) is 10.2 Å². The molecule has 6 nitrogen and oxygen atoms in total. The molecular weight excluding hydrogens is 409 g/mol. The van der Waals surface area contributed by atoms with Gasteiger partial charge in [-0.3, -0.25) is 14.6 Å². The van der Waals surface area contributed by atoms with E-state index >= 15 is 0 Å². The summed E-state index contributed by atoms with van der Waals surface area (Å²) in [7, 11) is 1.64. The number of benzene rings is 1. The first-order chi connectivity index (χ1) is 12.9. The van der Waals surface area contributed by atoms with Gasteiger partial charge >= 0.3 is 0 Å². The van der Waals surface area contributed by atoms with Crippen LogP contribution < -0.4 is 5.32 Å². The van der Waals surface area contributed by atoms with E-state index in [2.05, 4.69) is 10.3 Å². The van der Waals surface area contributed by atoms with Crippen molar-refractivity contribution in [1.29, 1.82) is 0 Å². The van der Waals surface area contributed by atoms with Gasteiger partial charge in [0.15, 0.2) is 5.76 Å². The fraction of sp³-hybridized carbons (Fsp3) is 0.389. The second-order valence-corrected chi connectivity index (χ2v) is 7.61.